The van der Waals surface area contributed by atoms with Crippen molar-refractivity contribution in [3.8, 4) is 0 Å². The highest BCUT2D eigenvalue weighted by Gasteiger charge is 2.16. The molecule has 2 unspecified atom stereocenters. The molecule has 1 aromatic carbocycles. The number of benzene rings is 1. The van der Waals surface area contributed by atoms with Gasteiger partial charge in [0.2, 0.25) is 5.91 Å². The van der Waals surface area contributed by atoms with Crippen molar-refractivity contribution < 1.29 is 4.79 Å². The fraction of sp³-hybridized carbons (Fsp3) is 0.611. The standard InChI is InChI=1S/C18H31N3O/c1-4-21(5-2)13-9-10-15(3)20-18(22)17(19)14-16-11-7-6-8-12-16/h6-8,11-12,15,17H,4-5,9-10,13-14,19H2,1-3H3,(H,20,22). The molecule has 2 atom stereocenters. The van der Waals surface area contributed by atoms with Gasteiger partial charge in [-0.2, -0.15) is 0 Å². The molecule has 22 heavy (non-hydrogen) atoms. The Morgan fingerprint density at radius 2 is 1.86 bits per heavy atom. The Morgan fingerprint density at radius 1 is 1.23 bits per heavy atom. The SMILES string of the molecule is CCN(CC)CCCC(C)NC(=O)C(N)Cc1ccccc1. The first-order valence-electron chi connectivity index (χ1n) is 8.39. The molecule has 4 nitrogen and oxygen atoms in total. The zero-order chi connectivity index (χ0) is 16.4. The molecule has 0 spiro atoms. The quantitative estimate of drug-likeness (QED) is 0.696. The van der Waals surface area contributed by atoms with Crippen molar-refractivity contribution in [2.45, 2.75) is 52.1 Å². The molecule has 124 valence electrons. The van der Waals surface area contributed by atoms with Gasteiger partial charge in [0, 0.05) is 6.04 Å². The van der Waals surface area contributed by atoms with Crippen LogP contribution in [0.4, 0.5) is 0 Å². The molecule has 1 rings (SSSR count). The second-order valence-corrected chi connectivity index (χ2v) is 5.87. The summed E-state index contributed by atoms with van der Waals surface area (Å²) in [7, 11) is 0. The maximum Gasteiger partial charge on any atom is 0.237 e. The molecule has 0 aliphatic heterocycles. The minimum atomic E-state index is -0.479. The highest BCUT2D eigenvalue weighted by Crippen LogP contribution is 2.04. The number of nitrogens with two attached hydrogens (primary N) is 1. The number of hydrogen-bond acceptors (Lipinski definition) is 3. The lowest BCUT2D eigenvalue weighted by Gasteiger charge is -2.21. The molecule has 4 heteroatoms. The number of rotatable bonds is 10. The summed E-state index contributed by atoms with van der Waals surface area (Å²) < 4.78 is 0. The number of amides is 1. The topological polar surface area (TPSA) is 58.4 Å². The number of carbonyl (C=O) groups is 1. The third kappa shape index (κ3) is 7.05. The van der Waals surface area contributed by atoms with Gasteiger partial charge in [-0.15, -0.1) is 0 Å². The van der Waals surface area contributed by atoms with Crippen LogP contribution >= 0.6 is 0 Å². The minimum absolute atomic E-state index is 0.0563. The van der Waals surface area contributed by atoms with E-state index in [1.807, 2.05) is 30.3 Å². The number of hydrogen-bond donors (Lipinski definition) is 2. The molecule has 0 bridgehead atoms. The second kappa shape index (κ2) is 10.4. The van der Waals surface area contributed by atoms with Crippen LogP contribution in [-0.4, -0.2) is 42.5 Å². The predicted octanol–water partition coefficient (Wildman–Crippen LogP) is 2.18. The van der Waals surface area contributed by atoms with Gasteiger partial charge in [-0.05, 0) is 51.4 Å². The summed E-state index contributed by atoms with van der Waals surface area (Å²) in [5.74, 6) is -0.0563. The van der Waals surface area contributed by atoms with Gasteiger partial charge in [0.1, 0.15) is 0 Å². The molecular weight excluding hydrogens is 274 g/mol. The van der Waals surface area contributed by atoms with Gasteiger partial charge in [0.25, 0.3) is 0 Å². The Kier molecular flexibility index (Phi) is 8.78. The molecule has 0 radical (unpaired) electrons. The monoisotopic (exact) mass is 305 g/mol. The van der Waals surface area contributed by atoms with Crippen LogP contribution < -0.4 is 11.1 Å². The van der Waals surface area contributed by atoms with E-state index in [0.717, 1.165) is 38.0 Å². The summed E-state index contributed by atoms with van der Waals surface area (Å²) >= 11 is 0. The molecule has 3 N–H and O–H groups in total. The lowest BCUT2D eigenvalue weighted by Crippen LogP contribution is -2.45. The van der Waals surface area contributed by atoms with Gasteiger partial charge >= 0.3 is 0 Å². The van der Waals surface area contributed by atoms with Crippen molar-refractivity contribution in [3.63, 3.8) is 0 Å². The van der Waals surface area contributed by atoms with Crippen molar-refractivity contribution in [3.05, 3.63) is 35.9 Å². The van der Waals surface area contributed by atoms with Crippen LogP contribution in [0.3, 0.4) is 0 Å². The fourth-order valence-electron chi connectivity index (χ4n) is 2.54. The lowest BCUT2D eigenvalue weighted by atomic mass is 10.1. The highest BCUT2D eigenvalue weighted by molar-refractivity contribution is 5.82. The minimum Gasteiger partial charge on any atom is -0.352 e. The first kappa shape index (κ1) is 18.7. The van der Waals surface area contributed by atoms with Gasteiger partial charge in [0.15, 0.2) is 0 Å². The van der Waals surface area contributed by atoms with Gasteiger partial charge in [-0.1, -0.05) is 44.2 Å². The zero-order valence-electron chi connectivity index (χ0n) is 14.2. The number of nitrogens with zero attached hydrogens (tertiary/aromatic N) is 1. The number of carbonyl (C=O) groups excluding carboxylic acids is 1. The summed E-state index contributed by atoms with van der Waals surface area (Å²) in [4.78, 5) is 14.5. The summed E-state index contributed by atoms with van der Waals surface area (Å²) in [5.41, 5.74) is 7.09. The summed E-state index contributed by atoms with van der Waals surface area (Å²) in [5, 5.41) is 3.03. The lowest BCUT2D eigenvalue weighted by molar-refractivity contribution is -0.123. The van der Waals surface area contributed by atoms with Crippen LogP contribution in [0.1, 0.15) is 39.2 Å². The molecule has 0 saturated heterocycles. The van der Waals surface area contributed by atoms with Crippen LogP contribution in [0.5, 0.6) is 0 Å². The Balaban J connectivity index is 2.28. The Morgan fingerprint density at radius 3 is 2.45 bits per heavy atom. The largest absolute Gasteiger partial charge is 0.352 e. The first-order chi connectivity index (χ1) is 10.6. The Hall–Kier alpha value is -1.39. The number of nitrogens with one attached hydrogen (secondary N) is 1. The molecule has 1 amide bonds. The normalized spacial score (nSPS) is 13.9. The van der Waals surface area contributed by atoms with E-state index in [9.17, 15) is 4.79 Å². The van der Waals surface area contributed by atoms with E-state index >= 15 is 0 Å². The van der Waals surface area contributed by atoms with E-state index < -0.39 is 6.04 Å². The van der Waals surface area contributed by atoms with Gasteiger partial charge < -0.3 is 16.0 Å². The summed E-state index contributed by atoms with van der Waals surface area (Å²) in [6, 6.07) is 9.59. The Bertz CT molecular complexity index is 418. The highest BCUT2D eigenvalue weighted by atomic mass is 16.2. The van der Waals surface area contributed by atoms with Crippen molar-refractivity contribution in [2.75, 3.05) is 19.6 Å². The second-order valence-electron chi connectivity index (χ2n) is 5.87. The molecule has 0 fully saturated rings. The molecule has 0 heterocycles. The van der Waals surface area contributed by atoms with Gasteiger partial charge in [-0.3, -0.25) is 4.79 Å². The third-order valence-corrected chi connectivity index (χ3v) is 4.03. The smallest absolute Gasteiger partial charge is 0.237 e. The van der Waals surface area contributed by atoms with E-state index in [-0.39, 0.29) is 11.9 Å². The van der Waals surface area contributed by atoms with Crippen molar-refractivity contribution in [1.29, 1.82) is 0 Å². The van der Waals surface area contributed by atoms with Crippen LogP contribution in [0, 0.1) is 0 Å². The van der Waals surface area contributed by atoms with E-state index in [1.54, 1.807) is 0 Å². The molecule has 0 saturated carbocycles. The van der Waals surface area contributed by atoms with E-state index in [4.69, 9.17) is 5.73 Å². The van der Waals surface area contributed by atoms with E-state index in [1.165, 1.54) is 0 Å². The molecule has 1 aromatic rings. The van der Waals surface area contributed by atoms with Crippen LogP contribution in [0.2, 0.25) is 0 Å². The zero-order valence-corrected chi connectivity index (χ0v) is 14.2. The predicted molar refractivity (Wildman–Crippen MR) is 92.7 cm³/mol. The van der Waals surface area contributed by atoms with Gasteiger partial charge in [0.05, 0.1) is 6.04 Å². The average molecular weight is 305 g/mol. The molecule has 0 aliphatic carbocycles. The van der Waals surface area contributed by atoms with Gasteiger partial charge in [-0.25, -0.2) is 0 Å². The summed E-state index contributed by atoms with van der Waals surface area (Å²) in [6.07, 6.45) is 2.66. The van der Waals surface area contributed by atoms with E-state index in [2.05, 4.69) is 31.0 Å². The molecular formula is C18H31N3O. The van der Waals surface area contributed by atoms with Crippen LogP contribution in [0.25, 0.3) is 0 Å². The fourth-order valence-corrected chi connectivity index (χ4v) is 2.54. The first-order valence-corrected chi connectivity index (χ1v) is 8.39. The maximum absolute atomic E-state index is 12.1. The van der Waals surface area contributed by atoms with E-state index in [0.29, 0.717) is 6.42 Å². The van der Waals surface area contributed by atoms with Crippen molar-refractivity contribution in [1.82, 2.24) is 10.2 Å². The van der Waals surface area contributed by atoms with Crippen LogP contribution in [-0.2, 0) is 11.2 Å². The molecule has 0 aliphatic rings. The summed E-state index contributed by atoms with van der Waals surface area (Å²) in [6.45, 7) is 9.66. The van der Waals surface area contributed by atoms with Crippen LogP contribution in [0.15, 0.2) is 30.3 Å². The average Bonchev–Trinajstić information content (AvgIpc) is 2.52. The molecule has 0 aromatic heterocycles. The van der Waals surface area contributed by atoms with Crippen molar-refractivity contribution >= 4 is 5.91 Å². The maximum atomic E-state index is 12.1. The van der Waals surface area contributed by atoms with Crippen molar-refractivity contribution in [2.24, 2.45) is 5.73 Å². The Labute approximate surface area is 135 Å². The third-order valence-electron chi connectivity index (χ3n) is 4.03.